The summed E-state index contributed by atoms with van der Waals surface area (Å²) in [7, 11) is -3.54. The summed E-state index contributed by atoms with van der Waals surface area (Å²) in [6.07, 6.45) is 9.65. The lowest BCUT2D eigenvalue weighted by Gasteiger charge is -2.21. The number of rotatable bonds is 13. The highest BCUT2D eigenvalue weighted by Gasteiger charge is 2.10. The number of hydrogen-bond acceptors (Lipinski definition) is 4. The first-order valence-corrected chi connectivity index (χ1v) is 10.5. The Kier molecular flexibility index (Phi) is 11.8. The molecule has 0 heterocycles. The molecule has 6 nitrogen and oxygen atoms in total. The van der Waals surface area contributed by atoms with Crippen LogP contribution in [0.2, 0.25) is 0 Å². The lowest BCUT2D eigenvalue weighted by molar-refractivity contribution is 0.413. The molecule has 21 heavy (non-hydrogen) atoms. The second-order valence-corrected chi connectivity index (χ2v) is 8.57. The van der Waals surface area contributed by atoms with Crippen molar-refractivity contribution in [3.8, 4) is 0 Å². The third-order valence-electron chi connectivity index (χ3n) is 3.22. The summed E-state index contributed by atoms with van der Waals surface area (Å²) in [5.41, 5.74) is 5.47. The van der Waals surface area contributed by atoms with Crippen molar-refractivity contribution in [1.29, 1.82) is 5.41 Å². The van der Waals surface area contributed by atoms with Gasteiger partial charge in [0, 0.05) is 18.8 Å². The smallest absolute Gasteiger partial charge is 0.319 e. The summed E-state index contributed by atoms with van der Waals surface area (Å²) in [4.78, 5) is 1.65. The third kappa shape index (κ3) is 14.2. The van der Waals surface area contributed by atoms with Crippen LogP contribution in [-0.2, 0) is 9.15 Å². The van der Waals surface area contributed by atoms with E-state index in [4.69, 9.17) is 15.7 Å². The monoisotopic (exact) mass is 339 g/mol. The van der Waals surface area contributed by atoms with Gasteiger partial charge in [0.15, 0.2) is 5.96 Å². The Hall–Kier alpha value is -0.470. The van der Waals surface area contributed by atoms with Crippen LogP contribution in [0.4, 0.5) is 0 Å². The summed E-state index contributed by atoms with van der Waals surface area (Å²) < 4.78 is 29.8. The normalized spacial score (nSPS) is 11.5. The summed E-state index contributed by atoms with van der Waals surface area (Å²) in [6, 6.07) is 0. The van der Waals surface area contributed by atoms with Crippen LogP contribution in [0.1, 0.15) is 58.3 Å². The molecule has 0 aromatic heterocycles. The van der Waals surface area contributed by atoms with Crippen LogP contribution < -0.4 is 5.73 Å². The summed E-state index contributed by atoms with van der Waals surface area (Å²) in [5, 5.41) is 7.46. The summed E-state index contributed by atoms with van der Waals surface area (Å²) >= 11 is 0. The number of hydrogen-bond donors (Lipinski definition) is 3. The maximum absolute atomic E-state index is 10.6. The van der Waals surface area contributed by atoms with Crippen LogP contribution in [0, 0.1) is 5.41 Å². The molecule has 0 saturated heterocycles. The molecule has 0 aliphatic rings. The van der Waals surface area contributed by atoms with Crippen LogP contribution >= 0.6 is 10.8 Å². The maximum atomic E-state index is 10.6. The Bertz CT molecular complexity index is 375. The molecule has 0 rings (SSSR count). The maximum Gasteiger partial charge on any atom is 0.319 e. The van der Waals surface area contributed by atoms with Gasteiger partial charge < -0.3 is 10.6 Å². The second-order valence-electron chi connectivity index (χ2n) is 5.10. The fourth-order valence-electron chi connectivity index (χ4n) is 2.04. The average Bonchev–Trinajstić information content (AvgIpc) is 2.38. The van der Waals surface area contributed by atoms with E-state index in [2.05, 4.69) is 6.92 Å². The van der Waals surface area contributed by atoms with E-state index in [9.17, 15) is 8.42 Å². The molecule has 8 heteroatoms. The van der Waals surface area contributed by atoms with Gasteiger partial charge in [0.05, 0.1) is 0 Å². The van der Waals surface area contributed by atoms with Gasteiger partial charge in [-0.15, -0.1) is 0 Å². The first kappa shape index (κ1) is 20.5. The fourth-order valence-corrected chi connectivity index (χ4v) is 3.40. The van der Waals surface area contributed by atoms with Crippen LogP contribution in [0.25, 0.3) is 0 Å². The number of unbranched alkanes of at least 4 members (excludes halogenated alkanes) is 7. The highest BCUT2D eigenvalue weighted by Crippen LogP contribution is 2.11. The Morgan fingerprint density at radius 2 is 1.62 bits per heavy atom. The molecule has 0 fully saturated rings. The van der Waals surface area contributed by atoms with Crippen molar-refractivity contribution in [2.75, 3.05) is 18.8 Å². The highest BCUT2D eigenvalue weighted by molar-refractivity contribution is 8.69. The average molecular weight is 340 g/mol. The highest BCUT2D eigenvalue weighted by atomic mass is 33.1. The number of nitrogens with one attached hydrogen (secondary N) is 1. The molecule has 126 valence electrons. The predicted octanol–water partition coefficient (Wildman–Crippen LogP) is 2.86. The molecule has 0 atom stereocenters. The first-order valence-electron chi connectivity index (χ1n) is 7.57. The fraction of sp³-hybridized carbons (Fsp3) is 0.923. The number of nitrogens with two attached hydrogens (primary N) is 1. The van der Waals surface area contributed by atoms with E-state index in [1.165, 1.54) is 38.5 Å². The molecule has 4 N–H and O–H groups in total. The van der Waals surface area contributed by atoms with Crippen molar-refractivity contribution in [2.24, 2.45) is 5.73 Å². The Morgan fingerprint density at radius 1 is 1.10 bits per heavy atom. The summed E-state index contributed by atoms with van der Waals surface area (Å²) in [6.45, 7) is 3.23. The minimum absolute atomic E-state index is 0.0473. The zero-order chi connectivity index (χ0) is 16.1. The van der Waals surface area contributed by atoms with Crippen molar-refractivity contribution in [3.63, 3.8) is 0 Å². The number of nitrogens with zero attached hydrogens (tertiary/aromatic N) is 1. The van der Waals surface area contributed by atoms with Gasteiger partial charge in [-0.2, -0.15) is 8.42 Å². The standard InChI is InChI=1S/C13H29N3O3S2/c1-2-3-4-5-6-7-8-9-10-16(13(14)15)11-12-20-21(17,18)19/h2-12H2,1H3,(H3,14,15)(H,17,18,19). The topological polar surface area (TPSA) is 107 Å². The Balaban J connectivity index is 3.68. The van der Waals surface area contributed by atoms with E-state index in [-0.39, 0.29) is 11.7 Å². The molecule has 0 unspecified atom stereocenters. The lowest BCUT2D eigenvalue weighted by Crippen LogP contribution is -2.38. The SMILES string of the molecule is CCCCCCCCCCN(CCSS(=O)(=O)O)C(=N)N. The van der Waals surface area contributed by atoms with E-state index in [1.807, 2.05) is 0 Å². The van der Waals surface area contributed by atoms with Crippen LogP contribution in [0.3, 0.4) is 0 Å². The molecular formula is C13H29N3O3S2. The Morgan fingerprint density at radius 3 is 2.10 bits per heavy atom. The van der Waals surface area contributed by atoms with Crippen molar-refractivity contribution >= 4 is 25.9 Å². The third-order valence-corrected chi connectivity index (χ3v) is 5.26. The van der Waals surface area contributed by atoms with E-state index in [0.29, 0.717) is 23.9 Å². The molecule has 0 bridgehead atoms. The molecule has 0 spiro atoms. The van der Waals surface area contributed by atoms with Gasteiger partial charge in [-0.3, -0.25) is 9.96 Å². The molecule has 0 amide bonds. The second kappa shape index (κ2) is 12.1. The Labute approximate surface area is 132 Å². The molecule has 0 aromatic carbocycles. The molecule has 0 radical (unpaired) electrons. The molecule has 0 aromatic rings. The predicted molar refractivity (Wildman–Crippen MR) is 90.1 cm³/mol. The van der Waals surface area contributed by atoms with E-state index < -0.39 is 9.15 Å². The quantitative estimate of drug-likeness (QED) is 0.157. The molecule has 0 aliphatic carbocycles. The molecular weight excluding hydrogens is 310 g/mol. The van der Waals surface area contributed by atoms with Gasteiger partial charge in [0.2, 0.25) is 0 Å². The van der Waals surface area contributed by atoms with Crippen molar-refractivity contribution in [1.82, 2.24) is 4.90 Å². The van der Waals surface area contributed by atoms with Gasteiger partial charge in [0.25, 0.3) is 0 Å². The van der Waals surface area contributed by atoms with Gasteiger partial charge in [-0.1, -0.05) is 51.9 Å². The summed E-state index contributed by atoms with van der Waals surface area (Å²) in [5.74, 6) is 0.156. The molecule has 0 saturated carbocycles. The zero-order valence-corrected chi connectivity index (χ0v) is 14.5. The minimum Gasteiger partial charge on any atom is -0.370 e. The van der Waals surface area contributed by atoms with E-state index in [0.717, 1.165) is 12.8 Å². The van der Waals surface area contributed by atoms with Gasteiger partial charge in [-0.05, 0) is 17.2 Å². The minimum atomic E-state index is -4.01. The first-order chi connectivity index (χ1) is 9.87. The number of guanidine groups is 1. The van der Waals surface area contributed by atoms with Crippen molar-refractivity contribution < 1.29 is 13.0 Å². The van der Waals surface area contributed by atoms with Gasteiger partial charge in [-0.25, -0.2) is 0 Å². The lowest BCUT2D eigenvalue weighted by atomic mass is 10.1. The van der Waals surface area contributed by atoms with Gasteiger partial charge >= 0.3 is 9.15 Å². The van der Waals surface area contributed by atoms with Crippen LogP contribution in [-0.4, -0.2) is 42.7 Å². The largest absolute Gasteiger partial charge is 0.370 e. The van der Waals surface area contributed by atoms with Crippen LogP contribution in [0.5, 0.6) is 0 Å². The van der Waals surface area contributed by atoms with Gasteiger partial charge in [0.1, 0.15) is 0 Å². The van der Waals surface area contributed by atoms with E-state index >= 15 is 0 Å². The molecule has 0 aliphatic heterocycles. The van der Waals surface area contributed by atoms with Crippen LogP contribution in [0.15, 0.2) is 0 Å². The zero-order valence-electron chi connectivity index (χ0n) is 12.9. The van der Waals surface area contributed by atoms with Crippen molar-refractivity contribution in [2.45, 2.75) is 58.3 Å². The van der Waals surface area contributed by atoms with Crippen molar-refractivity contribution in [3.05, 3.63) is 0 Å². The van der Waals surface area contributed by atoms with E-state index in [1.54, 1.807) is 4.90 Å².